The van der Waals surface area contributed by atoms with Gasteiger partial charge in [-0.05, 0) is 46.0 Å². The number of rotatable bonds is 3. The highest BCUT2D eigenvalue weighted by Gasteiger charge is 2.24. The van der Waals surface area contributed by atoms with Gasteiger partial charge in [0.15, 0.2) is 0 Å². The minimum absolute atomic E-state index is 0.340. The molecule has 0 aromatic carbocycles. The largest absolute Gasteiger partial charge is 0.394 e. The first-order chi connectivity index (χ1) is 7.99. The summed E-state index contributed by atoms with van der Waals surface area (Å²) in [6.45, 7) is 8.55. The minimum atomic E-state index is 0.340. The number of hydrogen-bond acceptors (Lipinski definition) is 3. The monoisotopic (exact) mass is 236 g/mol. The van der Waals surface area contributed by atoms with Crippen molar-refractivity contribution in [1.82, 2.24) is 9.78 Å². The van der Waals surface area contributed by atoms with E-state index >= 15 is 0 Å². The van der Waals surface area contributed by atoms with Crippen LogP contribution in [-0.2, 0) is 0 Å². The molecule has 1 aliphatic rings. The fourth-order valence-corrected chi connectivity index (χ4v) is 2.61. The van der Waals surface area contributed by atoms with Gasteiger partial charge in [0.2, 0.25) is 0 Å². The lowest BCUT2D eigenvalue weighted by molar-refractivity contribution is 0.528. The van der Waals surface area contributed by atoms with E-state index in [1.165, 1.54) is 19.3 Å². The standard InChI is InChI=1S/C13H24N4/c1-8(2)17-13(12(14)10(4)16-17)15-11-6-5-9(3)7-11/h8-9,11,15H,5-7,14H2,1-4H3. The molecule has 1 heterocycles. The van der Waals surface area contributed by atoms with Crippen LogP contribution >= 0.6 is 0 Å². The van der Waals surface area contributed by atoms with Crippen molar-refractivity contribution in [3.05, 3.63) is 5.69 Å². The third-order valence-electron chi connectivity index (χ3n) is 3.66. The van der Waals surface area contributed by atoms with Crippen LogP contribution in [0.5, 0.6) is 0 Å². The maximum atomic E-state index is 6.11. The van der Waals surface area contributed by atoms with Crippen LogP contribution in [0.2, 0.25) is 0 Å². The molecule has 2 rings (SSSR count). The Morgan fingerprint density at radius 3 is 2.65 bits per heavy atom. The van der Waals surface area contributed by atoms with Gasteiger partial charge in [-0.25, -0.2) is 4.68 Å². The van der Waals surface area contributed by atoms with Crippen molar-refractivity contribution in [2.75, 3.05) is 11.1 Å². The van der Waals surface area contributed by atoms with E-state index in [1.54, 1.807) is 0 Å². The smallest absolute Gasteiger partial charge is 0.148 e. The van der Waals surface area contributed by atoms with Crippen LogP contribution in [0.1, 0.15) is 51.8 Å². The van der Waals surface area contributed by atoms with Gasteiger partial charge in [-0.1, -0.05) is 6.92 Å². The molecular weight excluding hydrogens is 212 g/mol. The van der Waals surface area contributed by atoms with E-state index in [2.05, 4.69) is 31.2 Å². The van der Waals surface area contributed by atoms with Crippen LogP contribution in [0.25, 0.3) is 0 Å². The molecule has 1 aromatic rings. The Hall–Kier alpha value is -1.19. The molecular formula is C13H24N4. The maximum Gasteiger partial charge on any atom is 0.148 e. The summed E-state index contributed by atoms with van der Waals surface area (Å²) in [4.78, 5) is 0. The molecule has 0 saturated heterocycles. The molecule has 4 heteroatoms. The quantitative estimate of drug-likeness (QED) is 0.848. The Morgan fingerprint density at radius 2 is 2.12 bits per heavy atom. The van der Waals surface area contributed by atoms with Gasteiger partial charge in [0, 0.05) is 12.1 Å². The van der Waals surface area contributed by atoms with Crippen molar-refractivity contribution in [3.8, 4) is 0 Å². The van der Waals surface area contributed by atoms with Crippen molar-refractivity contribution in [3.63, 3.8) is 0 Å². The SMILES string of the molecule is Cc1nn(C(C)C)c(NC2CCC(C)C2)c1N. The first-order valence-corrected chi connectivity index (χ1v) is 6.60. The molecule has 2 unspecified atom stereocenters. The average molecular weight is 236 g/mol. The zero-order chi connectivity index (χ0) is 12.6. The van der Waals surface area contributed by atoms with E-state index in [9.17, 15) is 0 Å². The molecule has 3 N–H and O–H groups in total. The van der Waals surface area contributed by atoms with E-state index in [0.29, 0.717) is 12.1 Å². The van der Waals surface area contributed by atoms with Crippen molar-refractivity contribution in [2.45, 2.75) is 59.0 Å². The van der Waals surface area contributed by atoms with E-state index in [1.807, 2.05) is 11.6 Å². The normalized spacial score (nSPS) is 24.5. The Morgan fingerprint density at radius 1 is 1.41 bits per heavy atom. The third-order valence-corrected chi connectivity index (χ3v) is 3.66. The number of hydrogen-bond donors (Lipinski definition) is 2. The summed E-state index contributed by atoms with van der Waals surface area (Å²) >= 11 is 0. The number of nitrogen functional groups attached to an aromatic ring is 1. The highest BCUT2D eigenvalue weighted by atomic mass is 15.4. The van der Waals surface area contributed by atoms with Gasteiger partial charge >= 0.3 is 0 Å². The maximum absolute atomic E-state index is 6.11. The van der Waals surface area contributed by atoms with E-state index in [4.69, 9.17) is 5.73 Å². The fraction of sp³-hybridized carbons (Fsp3) is 0.769. The van der Waals surface area contributed by atoms with Gasteiger partial charge in [-0.2, -0.15) is 5.10 Å². The fourth-order valence-electron chi connectivity index (χ4n) is 2.61. The Labute approximate surface area is 104 Å². The number of aromatic nitrogens is 2. The second-order valence-corrected chi connectivity index (χ2v) is 5.65. The van der Waals surface area contributed by atoms with Gasteiger partial charge in [0.25, 0.3) is 0 Å². The van der Waals surface area contributed by atoms with Gasteiger partial charge in [-0.15, -0.1) is 0 Å². The summed E-state index contributed by atoms with van der Waals surface area (Å²) in [5, 5.41) is 8.09. The van der Waals surface area contributed by atoms with Gasteiger partial charge < -0.3 is 11.1 Å². The first-order valence-electron chi connectivity index (χ1n) is 6.60. The highest BCUT2D eigenvalue weighted by Crippen LogP contribution is 2.31. The summed E-state index contributed by atoms with van der Waals surface area (Å²) in [7, 11) is 0. The molecule has 0 bridgehead atoms. The number of aryl methyl sites for hydroxylation is 1. The van der Waals surface area contributed by atoms with Crippen LogP contribution in [0, 0.1) is 12.8 Å². The lowest BCUT2D eigenvalue weighted by atomic mass is 10.1. The summed E-state index contributed by atoms with van der Waals surface area (Å²) in [6, 6.07) is 0.897. The molecule has 0 radical (unpaired) electrons. The van der Waals surface area contributed by atoms with Crippen LogP contribution in [0.3, 0.4) is 0 Å². The summed E-state index contributed by atoms with van der Waals surface area (Å²) in [5.41, 5.74) is 7.84. The molecule has 0 aliphatic heterocycles. The average Bonchev–Trinajstić information content (AvgIpc) is 2.77. The Balaban J connectivity index is 2.19. The predicted octanol–water partition coefficient (Wildman–Crippen LogP) is 2.96. The molecule has 2 atom stereocenters. The highest BCUT2D eigenvalue weighted by molar-refractivity contribution is 5.65. The van der Waals surface area contributed by atoms with E-state index in [0.717, 1.165) is 23.1 Å². The number of nitrogens with one attached hydrogen (secondary N) is 1. The number of nitrogens with two attached hydrogens (primary N) is 1. The zero-order valence-corrected chi connectivity index (χ0v) is 11.3. The summed E-state index contributed by atoms with van der Waals surface area (Å²) < 4.78 is 2.01. The molecule has 0 spiro atoms. The molecule has 1 saturated carbocycles. The summed E-state index contributed by atoms with van der Waals surface area (Å²) in [5.74, 6) is 1.84. The van der Waals surface area contributed by atoms with Gasteiger partial charge in [-0.3, -0.25) is 0 Å². The molecule has 1 fully saturated rings. The topological polar surface area (TPSA) is 55.9 Å². The molecule has 96 valence electrons. The van der Waals surface area contributed by atoms with Crippen molar-refractivity contribution in [1.29, 1.82) is 0 Å². The molecule has 17 heavy (non-hydrogen) atoms. The lowest BCUT2D eigenvalue weighted by Crippen LogP contribution is -2.20. The molecule has 1 aromatic heterocycles. The van der Waals surface area contributed by atoms with Crippen molar-refractivity contribution in [2.24, 2.45) is 5.92 Å². The van der Waals surface area contributed by atoms with Crippen LogP contribution in [0.4, 0.5) is 11.5 Å². The second-order valence-electron chi connectivity index (χ2n) is 5.65. The zero-order valence-electron chi connectivity index (χ0n) is 11.3. The number of anilines is 2. The van der Waals surface area contributed by atoms with Gasteiger partial charge in [0.1, 0.15) is 5.82 Å². The predicted molar refractivity (Wildman–Crippen MR) is 72.2 cm³/mol. The lowest BCUT2D eigenvalue weighted by Gasteiger charge is -2.18. The first kappa shape index (κ1) is 12.3. The van der Waals surface area contributed by atoms with Crippen LogP contribution < -0.4 is 11.1 Å². The van der Waals surface area contributed by atoms with Crippen molar-refractivity contribution >= 4 is 11.5 Å². The molecule has 4 nitrogen and oxygen atoms in total. The van der Waals surface area contributed by atoms with Crippen LogP contribution in [0.15, 0.2) is 0 Å². The molecule has 0 amide bonds. The van der Waals surface area contributed by atoms with E-state index in [-0.39, 0.29) is 0 Å². The Bertz CT molecular complexity index is 394. The van der Waals surface area contributed by atoms with Crippen molar-refractivity contribution < 1.29 is 0 Å². The Kier molecular flexibility index (Phi) is 3.31. The summed E-state index contributed by atoms with van der Waals surface area (Å²) in [6.07, 6.45) is 3.79. The van der Waals surface area contributed by atoms with Gasteiger partial charge in [0.05, 0.1) is 11.4 Å². The second kappa shape index (κ2) is 4.59. The minimum Gasteiger partial charge on any atom is -0.394 e. The molecule has 1 aliphatic carbocycles. The van der Waals surface area contributed by atoms with Crippen LogP contribution in [-0.4, -0.2) is 15.8 Å². The van der Waals surface area contributed by atoms with E-state index < -0.39 is 0 Å². The third kappa shape index (κ3) is 2.40. The number of nitrogens with zero attached hydrogens (tertiary/aromatic N) is 2.